The van der Waals surface area contributed by atoms with Crippen LogP contribution in [-0.4, -0.2) is 29.7 Å². The maximum Gasteiger partial charge on any atom is 0.0558 e. The Hall–Kier alpha value is -1.64. The number of aliphatic hydroxyl groups is 1. The van der Waals surface area contributed by atoms with E-state index in [1.165, 1.54) is 24.0 Å². The molecule has 2 heteroatoms. The molecule has 21 heavy (non-hydrogen) atoms. The van der Waals surface area contributed by atoms with Crippen LogP contribution in [0.15, 0.2) is 60.7 Å². The topological polar surface area (TPSA) is 23.5 Å². The number of hydrogen-bond donors (Lipinski definition) is 1. The van der Waals surface area contributed by atoms with Crippen LogP contribution in [0.4, 0.5) is 0 Å². The van der Waals surface area contributed by atoms with E-state index in [1.54, 1.807) is 0 Å². The smallest absolute Gasteiger partial charge is 0.0558 e. The van der Waals surface area contributed by atoms with Crippen LogP contribution in [0.25, 0.3) is 0 Å². The first-order valence-electron chi connectivity index (χ1n) is 7.85. The first-order chi connectivity index (χ1) is 10.4. The second-order valence-electron chi connectivity index (χ2n) is 5.77. The molecule has 0 saturated carbocycles. The van der Waals surface area contributed by atoms with E-state index in [9.17, 15) is 5.11 Å². The Kier molecular flexibility index (Phi) is 4.69. The predicted octanol–water partition coefficient (Wildman–Crippen LogP) is 3.60. The summed E-state index contributed by atoms with van der Waals surface area (Å²) in [5.41, 5.74) is 2.77. The first kappa shape index (κ1) is 14.3. The zero-order valence-corrected chi connectivity index (χ0v) is 12.4. The van der Waals surface area contributed by atoms with Gasteiger partial charge in [-0.1, -0.05) is 60.7 Å². The number of piperidine rings is 1. The zero-order valence-electron chi connectivity index (χ0n) is 12.4. The third-order valence-electron chi connectivity index (χ3n) is 4.49. The van der Waals surface area contributed by atoms with E-state index in [0.717, 1.165) is 13.1 Å². The predicted molar refractivity (Wildman–Crippen MR) is 86.3 cm³/mol. The lowest BCUT2D eigenvalue weighted by Gasteiger charge is -2.42. The minimum Gasteiger partial charge on any atom is -0.395 e. The SMILES string of the molecule is OCCN1CCCC(c2ccccc2)C1c1ccccc1. The Morgan fingerprint density at radius 2 is 1.52 bits per heavy atom. The van der Waals surface area contributed by atoms with Gasteiger partial charge in [-0.2, -0.15) is 0 Å². The van der Waals surface area contributed by atoms with Crippen LogP contribution in [0.2, 0.25) is 0 Å². The number of rotatable bonds is 4. The molecule has 2 atom stereocenters. The van der Waals surface area contributed by atoms with Crippen molar-refractivity contribution < 1.29 is 5.11 Å². The quantitative estimate of drug-likeness (QED) is 0.925. The van der Waals surface area contributed by atoms with Gasteiger partial charge in [-0.05, 0) is 30.5 Å². The molecule has 1 aliphatic heterocycles. The Labute approximate surface area is 127 Å². The van der Waals surface area contributed by atoms with Gasteiger partial charge in [0.25, 0.3) is 0 Å². The van der Waals surface area contributed by atoms with Gasteiger partial charge in [0.15, 0.2) is 0 Å². The zero-order chi connectivity index (χ0) is 14.5. The van der Waals surface area contributed by atoms with E-state index in [-0.39, 0.29) is 6.61 Å². The normalized spacial score (nSPS) is 23.1. The average Bonchev–Trinajstić information content (AvgIpc) is 2.56. The lowest BCUT2D eigenvalue weighted by molar-refractivity contribution is 0.100. The molecule has 0 radical (unpaired) electrons. The molecule has 1 saturated heterocycles. The van der Waals surface area contributed by atoms with Crippen molar-refractivity contribution in [3.8, 4) is 0 Å². The molecule has 2 nitrogen and oxygen atoms in total. The van der Waals surface area contributed by atoms with E-state index in [1.807, 2.05) is 0 Å². The van der Waals surface area contributed by atoms with Gasteiger partial charge in [-0.3, -0.25) is 4.90 Å². The fraction of sp³-hybridized carbons (Fsp3) is 0.368. The molecule has 2 aromatic rings. The molecule has 1 aliphatic rings. The summed E-state index contributed by atoms with van der Waals surface area (Å²) in [6, 6.07) is 21.9. The molecular weight excluding hydrogens is 258 g/mol. The minimum absolute atomic E-state index is 0.227. The third kappa shape index (κ3) is 3.17. The Balaban J connectivity index is 1.96. The van der Waals surface area contributed by atoms with E-state index in [4.69, 9.17) is 0 Å². The molecule has 0 aliphatic carbocycles. The van der Waals surface area contributed by atoms with Gasteiger partial charge >= 0.3 is 0 Å². The molecular formula is C19H23NO. The highest BCUT2D eigenvalue weighted by atomic mass is 16.3. The highest BCUT2D eigenvalue weighted by molar-refractivity contribution is 5.29. The molecule has 0 bridgehead atoms. The molecule has 1 heterocycles. The van der Waals surface area contributed by atoms with Crippen molar-refractivity contribution in [2.45, 2.75) is 24.8 Å². The lowest BCUT2D eigenvalue weighted by atomic mass is 9.80. The van der Waals surface area contributed by atoms with Gasteiger partial charge in [-0.15, -0.1) is 0 Å². The Morgan fingerprint density at radius 1 is 0.905 bits per heavy atom. The average molecular weight is 281 g/mol. The third-order valence-corrected chi connectivity index (χ3v) is 4.49. The number of aliphatic hydroxyl groups excluding tert-OH is 1. The molecule has 0 spiro atoms. The lowest BCUT2D eigenvalue weighted by Crippen LogP contribution is -2.39. The largest absolute Gasteiger partial charge is 0.395 e. The van der Waals surface area contributed by atoms with Crippen LogP contribution < -0.4 is 0 Å². The molecule has 1 N–H and O–H groups in total. The van der Waals surface area contributed by atoms with Gasteiger partial charge in [0, 0.05) is 18.5 Å². The highest BCUT2D eigenvalue weighted by Crippen LogP contribution is 2.42. The van der Waals surface area contributed by atoms with Crippen LogP contribution >= 0.6 is 0 Å². The maximum atomic E-state index is 9.40. The number of hydrogen-bond acceptors (Lipinski definition) is 2. The summed E-state index contributed by atoms with van der Waals surface area (Å²) < 4.78 is 0. The van der Waals surface area contributed by atoms with E-state index in [2.05, 4.69) is 65.6 Å². The van der Waals surface area contributed by atoms with Crippen molar-refractivity contribution in [2.24, 2.45) is 0 Å². The van der Waals surface area contributed by atoms with Crippen LogP contribution in [0.1, 0.15) is 35.9 Å². The number of likely N-dealkylation sites (tertiary alicyclic amines) is 1. The first-order valence-corrected chi connectivity index (χ1v) is 7.85. The standard InChI is InChI=1S/C19H23NO/c21-15-14-20-13-7-12-18(16-8-3-1-4-9-16)19(20)17-10-5-2-6-11-17/h1-6,8-11,18-19,21H,7,12-15H2. The Bertz CT molecular complexity index is 538. The van der Waals surface area contributed by atoms with Crippen molar-refractivity contribution in [3.05, 3.63) is 71.8 Å². The van der Waals surface area contributed by atoms with Crippen molar-refractivity contribution in [3.63, 3.8) is 0 Å². The number of β-amino-alcohol motifs (C(OH)–C–C–N with tert-alkyl or cyclic N) is 1. The molecule has 2 aromatic carbocycles. The maximum absolute atomic E-state index is 9.40. The highest BCUT2D eigenvalue weighted by Gasteiger charge is 2.32. The summed E-state index contributed by atoms with van der Waals surface area (Å²) >= 11 is 0. The van der Waals surface area contributed by atoms with Crippen LogP contribution in [0, 0.1) is 0 Å². The summed E-state index contributed by atoms with van der Waals surface area (Å²) in [6.07, 6.45) is 2.41. The molecule has 0 aromatic heterocycles. The van der Waals surface area contributed by atoms with Gasteiger partial charge < -0.3 is 5.11 Å². The van der Waals surface area contributed by atoms with Crippen LogP contribution in [-0.2, 0) is 0 Å². The molecule has 110 valence electrons. The monoisotopic (exact) mass is 281 g/mol. The fourth-order valence-electron chi connectivity index (χ4n) is 3.59. The van der Waals surface area contributed by atoms with Gasteiger partial charge in [0.05, 0.1) is 6.61 Å². The Morgan fingerprint density at radius 3 is 2.14 bits per heavy atom. The van der Waals surface area contributed by atoms with E-state index >= 15 is 0 Å². The van der Waals surface area contributed by atoms with E-state index < -0.39 is 0 Å². The van der Waals surface area contributed by atoms with E-state index in [0.29, 0.717) is 12.0 Å². The molecule has 2 unspecified atom stereocenters. The fourth-order valence-corrected chi connectivity index (χ4v) is 3.59. The second-order valence-corrected chi connectivity index (χ2v) is 5.77. The van der Waals surface area contributed by atoms with Gasteiger partial charge in [-0.25, -0.2) is 0 Å². The summed E-state index contributed by atoms with van der Waals surface area (Å²) in [7, 11) is 0. The summed E-state index contributed by atoms with van der Waals surface area (Å²) in [5.74, 6) is 0.508. The molecule has 3 rings (SSSR count). The number of nitrogens with zero attached hydrogens (tertiary/aromatic N) is 1. The van der Waals surface area contributed by atoms with Crippen molar-refractivity contribution in [1.29, 1.82) is 0 Å². The summed E-state index contributed by atoms with van der Waals surface area (Å²) in [5, 5.41) is 9.40. The van der Waals surface area contributed by atoms with Gasteiger partial charge in [0.2, 0.25) is 0 Å². The van der Waals surface area contributed by atoms with Crippen molar-refractivity contribution in [1.82, 2.24) is 4.90 Å². The van der Waals surface area contributed by atoms with Crippen LogP contribution in [0.3, 0.4) is 0 Å². The van der Waals surface area contributed by atoms with Crippen molar-refractivity contribution >= 4 is 0 Å². The van der Waals surface area contributed by atoms with Gasteiger partial charge in [0.1, 0.15) is 0 Å². The summed E-state index contributed by atoms with van der Waals surface area (Å²) in [4.78, 5) is 2.44. The summed E-state index contributed by atoms with van der Waals surface area (Å²) in [6.45, 7) is 2.05. The van der Waals surface area contributed by atoms with Crippen LogP contribution in [0.5, 0.6) is 0 Å². The number of benzene rings is 2. The minimum atomic E-state index is 0.227. The molecule has 1 fully saturated rings. The molecule has 0 amide bonds. The van der Waals surface area contributed by atoms with Crippen molar-refractivity contribution in [2.75, 3.05) is 19.7 Å². The second kappa shape index (κ2) is 6.88.